The number of piperazine rings is 1. The lowest BCUT2D eigenvalue weighted by atomic mass is 10.0. The molecule has 2 heterocycles. The largest absolute Gasteiger partial charge is 0.586 e. The maximum atomic E-state index is 13.4. The van der Waals surface area contributed by atoms with Crippen molar-refractivity contribution in [1.82, 2.24) is 10.2 Å². The molecule has 8 heteroatoms. The maximum Gasteiger partial charge on any atom is 0.586 e. The molecule has 4 nitrogen and oxygen atoms in total. The molecule has 1 aromatic carbocycles. The lowest BCUT2D eigenvalue weighted by Gasteiger charge is -2.33. The number of nitrogens with one attached hydrogen (secondary N) is 1. The molecule has 1 saturated heterocycles. The number of para-hydroxylation sites is 1. The topological polar surface area (TPSA) is 33.7 Å². The number of alkyl halides is 3. The van der Waals surface area contributed by atoms with Crippen molar-refractivity contribution in [3.05, 3.63) is 23.8 Å². The minimum atomic E-state index is -3.68. The van der Waals surface area contributed by atoms with E-state index in [4.69, 9.17) is 0 Å². The third-order valence-corrected chi connectivity index (χ3v) is 3.56. The Kier molecular flexibility index (Phi) is 4.85. The molecule has 0 aliphatic carbocycles. The van der Waals surface area contributed by atoms with Crippen LogP contribution in [0.3, 0.4) is 0 Å². The molecule has 2 aliphatic heterocycles. The van der Waals surface area contributed by atoms with E-state index in [0.29, 0.717) is 18.7 Å². The van der Waals surface area contributed by atoms with Gasteiger partial charge in [0.05, 0.1) is 6.04 Å². The van der Waals surface area contributed by atoms with Crippen LogP contribution in [-0.2, 0) is 0 Å². The molecule has 3 rings (SSSR count). The SMILES string of the molecule is Cl.FC[C@@H](c1cccc2c1OC(F)(F)O2)N1CCNCC1. The van der Waals surface area contributed by atoms with Crippen LogP contribution in [0.5, 0.6) is 11.5 Å². The van der Waals surface area contributed by atoms with Crippen molar-refractivity contribution in [3.63, 3.8) is 0 Å². The van der Waals surface area contributed by atoms with Gasteiger partial charge in [0.15, 0.2) is 11.5 Å². The van der Waals surface area contributed by atoms with Crippen molar-refractivity contribution in [3.8, 4) is 11.5 Å². The van der Waals surface area contributed by atoms with Gasteiger partial charge in [-0.25, -0.2) is 4.39 Å². The summed E-state index contributed by atoms with van der Waals surface area (Å²) in [5.74, 6) is -0.0974. The van der Waals surface area contributed by atoms with Crippen LogP contribution in [0.25, 0.3) is 0 Å². The Morgan fingerprint density at radius 1 is 1.24 bits per heavy atom. The van der Waals surface area contributed by atoms with Crippen LogP contribution in [0.4, 0.5) is 13.2 Å². The zero-order valence-electron chi connectivity index (χ0n) is 11.2. The highest BCUT2D eigenvalue weighted by molar-refractivity contribution is 5.85. The first kappa shape index (κ1) is 16.2. The Bertz CT molecular complexity index is 498. The molecule has 1 fully saturated rings. The monoisotopic (exact) mass is 324 g/mol. The normalized spacial score (nSPS) is 21.7. The van der Waals surface area contributed by atoms with Gasteiger partial charge >= 0.3 is 6.29 Å². The molecule has 0 aromatic heterocycles. The minimum Gasteiger partial charge on any atom is -0.395 e. The van der Waals surface area contributed by atoms with E-state index in [0.717, 1.165) is 13.1 Å². The number of hydrogen-bond acceptors (Lipinski definition) is 4. The minimum absolute atomic E-state index is 0. The van der Waals surface area contributed by atoms with Crippen LogP contribution in [-0.4, -0.2) is 44.0 Å². The van der Waals surface area contributed by atoms with Crippen molar-refractivity contribution < 1.29 is 22.6 Å². The third kappa shape index (κ3) is 3.20. The summed E-state index contributed by atoms with van der Waals surface area (Å²) in [5, 5.41) is 3.17. The molecule has 1 aromatic rings. The predicted octanol–water partition coefficient (Wildman–Crippen LogP) is 2.35. The number of hydrogen-bond donors (Lipinski definition) is 1. The summed E-state index contributed by atoms with van der Waals surface area (Å²) in [6, 6.07) is 3.98. The van der Waals surface area contributed by atoms with Crippen LogP contribution >= 0.6 is 12.4 Å². The Morgan fingerprint density at radius 2 is 1.95 bits per heavy atom. The van der Waals surface area contributed by atoms with Crippen LogP contribution in [0.2, 0.25) is 0 Å². The first-order chi connectivity index (χ1) is 9.61. The smallest absolute Gasteiger partial charge is 0.395 e. The van der Waals surface area contributed by atoms with E-state index in [1.54, 1.807) is 12.1 Å². The Labute approximate surface area is 126 Å². The van der Waals surface area contributed by atoms with Crippen LogP contribution in [0, 0.1) is 0 Å². The predicted molar refractivity (Wildman–Crippen MR) is 73.1 cm³/mol. The molecule has 0 radical (unpaired) electrons. The quantitative estimate of drug-likeness (QED) is 0.925. The van der Waals surface area contributed by atoms with Crippen LogP contribution in [0.15, 0.2) is 18.2 Å². The second kappa shape index (κ2) is 6.29. The molecule has 2 aliphatic rings. The summed E-state index contributed by atoms with van der Waals surface area (Å²) in [6.45, 7) is 2.16. The summed E-state index contributed by atoms with van der Waals surface area (Å²) in [6.07, 6.45) is -3.68. The van der Waals surface area contributed by atoms with Crippen molar-refractivity contribution in [1.29, 1.82) is 0 Å². The fourth-order valence-corrected chi connectivity index (χ4v) is 2.62. The van der Waals surface area contributed by atoms with E-state index in [1.165, 1.54) is 6.07 Å². The number of halogens is 4. The van der Waals surface area contributed by atoms with Crippen molar-refractivity contribution in [2.75, 3.05) is 32.9 Å². The summed E-state index contributed by atoms with van der Waals surface area (Å²) < 4.78 is 48.7. The van der Waals surface area contributed by atoms with E-state index < -0.39 is 19.0 Å². The van der Waals surface area contributed by atoms with Gasteiger partial charge < -0.3 is 14.8 Å². The van der Waals surface area contributed by atoms with E-state index >= 15 is 0 Å². The van der Waals surface area contributed by atoms with Gasteiger partial charge in [-0.15, -0.1) is 21.2 Å². The Balaban J connectivity index is 0.00000161. The summed E-state index contributed by atoms with van der Waals surface area (Å²) >= 11 is 0. The average Bonchev–Trinajstić information content (AvgIpc) is 2.75. The zero-order valence-corrected chi connectivity index (χ0v) is 12.0. The van der Waals surface area contributed by atoms with Gasteiger partial charge in [-0.2, -0.15) is 0 Å². The fourth-order valence-electron chi connectivity index (χ4n) is 2.62. The van der Waals surface area contributed by atoms with Gasteiger partial charge in [0.2, 0.25) is 0 Å². The van der Waals surface area contributed by atoms with Gasteiger partial charge in [0, 0.05) is 31.7 Å². The second-order valence-corrected chi connectivity index (χ2v) is 4.80. The second-order valence-electron chi connectivity index (χ2n) is 4.80. The summed E-state index contributed by atoms with van der Waals surface area (Å²) in [5.41, 5.74) is 0.407. The van der Waals surface area contributed by atoms with Crippen molar-refractivity contribution in [2.45, 2.75) is 12.3 Å². The van der Waals surface area contributed by atoms with Gasteiger partial charge in [-0.3, -0.25) is 4.90 Å². The highest BCUT2D eigenvalue weighted by Gasteiger charge is 2.45. The van der Waals surface area contributed by atoms with E-state index in [1.807, 2.05) is 4.90 Å². The molecule has 0 spiro atoms. The number of rotatable bonds is 3. The van der Waals surface area contributed by atoms with Gasteiger partial charge in [-0.1, -0.05) is 12.1 Å². The van der Waals surface area contributed by atoms with Crippen molar-refractivity contribution >= 4 is 12.4 Å². The molecule has 21 heavy (non-hydrogen) atoms. The first-order valence-electron chi connectivity index (χ1n) is 6.50. The molecular formula is C13H16ClF3N2O2. The Hall–Kier alpha value is -1.18. The molecule has 0 bridgehead atoms. The molecule has 118 valence electrons. The fraction of sp³-hybridized carbons (Fsp3) is 0.538. The zero-order chi connectivity index (χ0) is 14.2. The highest BCUT2D eigenvalue weighted by Crippen LogP contribution is 2.46. The van der Waals surface area contributed by atoms with Gasteiger partial charge in [-0.05, 0) is 6.07 Å². The van der Waals surface area contributed by atoms with Crippen molar-refractivity contribution in [2.24, 2.45) is 0 Å². The van der Waals surface area contributed by atoms with Crippen LogP contribution in [0.1, 0.15) is 11.6 Å². The molecule has 1 atom stereocenters. The number of nitrogens with zero attached hydrogens (tertiary/aromatic N) is 1. The molecule has 1 N–H and O–H groups in total. The maximum absolute atomic E-state index is 13.4. The Morgan fingerprint density at radius 3 is 2.62 bits per heavy atom. The molecule has 0 unspecified atom stereocenters. The van der Waals surface area contributed by atoms with E-state index in [2.05, 4.69) is 14.8 Å². The van der Waals surface area contributed by atoms with Gasteiger partial charge in [0.25, 0.3) is 0 Å². The lowest BCUT2D eigenvalue weighted by Crippen LogP contribution is -2.45. The first-order valence-corrected chi connectivity index (χ1v) is 6.50. The molecule has 0 amide bonds. The highest BCUT2D eigenvalue weighted by atomic mass is 35.5. The molecule has 0 saturated carbocycles. The number of fused-ring (bicyclic) bond motifs is 1. The summed E-state index contributed by atoms with van der Waals surface area (Å²) in [4.78, 5) is 1.92. The van der Waals surface area contributed by atoms with E-state index in [9.17, 15) is 13.2 Å². The van der Waals surface area contributed by atoms with E-state index in [-0.39, 0.29) is 23.9 Å². The summed E-state index contributed by atoms with van der Waals surface area (Å²) in [7, 11) is 0. The lowest BCUT2D eigenvalue weighted by molar-refractivity contribution is -0.287. The molecular weight excluding hydrogens is 309 g/mol. The van der Waals surface area contributed by atoms with Gasteiger partial charge in [0.1, 0.15) is 6.67 Å². The standard InChI is InChI=1S/C13H15F3N2O2.ClH/c14-8-10(18-6-4-17-5-7-18)9-2-1-3-11-12(9)20-13(15,16)19-11;/h1-3,10,17H,4-8H2;1H/t10-;/m0./s1. The number of benzene rings is 1. The number of ether oxygens (including phenoxy) is 2. The van der Waals surface area contributed by atoms with Crippen LogP contribution < -0.4 is 14.8 Å². The average molecular weight is 325 g/mol. The third-order valence-electron chi connectivity index (χ3n) is 3.56.